The number of thiocarbonyl (C=S) groups is 1. The van der Waals surface area contributed by atoms with E-state index in [9.17, 15) is 4.79 Å². The molecule has 1 aliphatic heterocycles. The number of hydrogen-bond donors (Lipinski definition) is 1. The predicted octanol–water partition coefficient (Wildman–Crippen LogP) is 4.64. The number of carbonyl (C=O) groups excluding carboxylic acids is 1. The van der Waals surface area contributed by atoms with Crippen LogP contribution in [0.1, 0.15) is 30.0 Å². The Morgan fingerprint density at radius 2 is 2.03 bits per heavy atom. The number of aromatic nitrogens is 1. The minimum atomic E-state index is -0.284. The fourth-order valence-corrected chi connectivity index (χ4v) is 4.15. The molecule has 0 bridgehead atoms. The number of benzene rings is 1. The zero-order valence-corrected chi connectivity index (χ0v) is 18.7. The van der Waals surface area contributed by atoms with Crippen LogP contribution >= 0.6 is 28.1 Å². The quantitative estimate of drug-likeness (QED) is 0.402. The molecule has 4 rings (SSSR count). The van der Waals surface area contributed by atoms with E-state index in [0.29, 0.717) is 11.7 Å². The van der Waals surface area contributed by atoms with Crippen molar-refractivity contribution >= 4 is 39.2 Å². The molecule has 1 N–H and O–H groups in total. The molecule has 0 aliphatic carbocycles. The summed E-state index contributed by atoms with van der Waals surface area (Å²) in [5.74, 6) is 1.23. The molecular formula is C22H20BrN3O3S. The van der Waals surface area contributed by atoms with Crippen LogP contribution < -0.4 is 5.32 Å². The van der Waals surface area contributed by atoms with Gasteiger partial charge in [-0.15, -0.1) is 0 Å². The molecule has 2 unspecified atom stereocenters. The molecule has 2 aromatic heterocycles. The maximum Gasteiger partial charge on any atom is 0.307 e. The van der Waals surface area contributed by atoms with Crippen LogP contribution in [0.15, 0.2) is 69.7 Å². The summed E-state index contributed by atoms with van der Waals surface area (Å²) in [5, 5.41) is 3.90. The first-order valence-corrected chi connectivity index (χ1v) is 10.7. The van der Waals surface area contributed by atoms with Crippen LogP contribution in [0.2, 0.25) is 0 Å². The summed E-state index contributed by atoms with van der Waals surface area (Å²) in [6.07, 6.45) is 1.98. The standard InChI is InChI=1S/C22H20BrN3O3S/c1-28-19(27)11-13-26-21(20(25-22(26)30)16-4-2-3-12-24-16)18-10-9-17(29-18)14-5-7-15(23)8-6-14/h2-10,12,20-21H,11,13H2,1H3,(H,25,30). The normalized spacial score (nSPS) is 18.3. The molecule has 0 spiro atoms. The Balaban J connectivity index is 1.68. The number of furan rings is 1. The summed E-state index contributed by atoms with van der Waals surface area (Å²) < 4.78 is 12.1. The van der Waals surface area contributed by atoms with Crippen molar-refractivity contribution < 1.29 is 13.9 Å². The Kier molecular flexibility index (Phi) is 6.15. The van der Waals surface area contributed by atoms with E-state index in [4.69, 9.17) is 21.4 Å². The first-order chi connectivity index (χ1) is 14.6. The Labute approximate surface area is 188 Å². The Hall–Kier alpha value is -2.71. The van der Waals surface area contributed by atoms with E-state index in [1.807, 2.05) is 59.5 Å². The number of halogens is 1. The fourth-order valence-electron chi connectivity index (χ4n) is 3.55. The van der Waals surface area contributed by atoms with E-state index in [2.05, 4.69) is 26.2 Å². The molecule has 1 saturated heterocycles. The van der Waals surface area contributed by atoms with Gasteiger partial charge in [-0.2, -0.15) is 0 Å². The molecule has 1 aromatic carbocycles. The number of pyridine rings is 1. The van der Waals surface area contributed by atoms with Gasteiger partial charge in [-0.25, -0.2) is 0 Å². The Morgan fingerprint density at radius 1 is 1.23 bits per heavy atom. The molecular weight excluding hydrogens is 466 g/mol. The number of methoxy groups -OCH3 is 1. The van der Waals surface area contributed by atoms with Crippen molar-refractivity contribution in [2.75, 3.05) is 13.7 Å². The van der Waals surface area contributed by atoms with E-state index in [0.717, 1.165) is 27.3 Å². The summed E-state index contributed by atoms with van der Waals surface area (Å²) in [7, 11) is 1.38. The molecule has 30 heavy (non-hydrogen) atoms. The van der Waals surface area contributed by atoms with Crippen molar-refractivity contribution in [2.24, 2.45) is 0 Å². The maximum atomic E-state index is 11.7. The summed E-state index contributed by atoms with van der Waals surface area (Å²) in [6.45, 7) is 0.417. The predicted molar refractivity (Wildman–Crippen MR) is 121 cm³/mol. The van der Waals surface area contributed by atoms with Gasteiger partial charge >= 0.3 is 5.97 Å². The highest BCUT2D eigenvalue weighted by Crippen LogP contribution is 2.40. The fraction of sp³-hybridized carbons (Fsp3) is 0.227. The van der Waals surface area contributed by atoms with Gasteiger partial charge in [0.05, 0.1) is 25.3 Å². The molecule has 0 radical (unpaired) electrons. The summed E-state index contributed by atoms with van der Waals surface area (Å²) in [6, 6.07) is 17.2. The van der Waals surface area contributed by atoms with E-state index in [1.165, 1.54) is 7.11 Å². The minimum Gasteiger partial charge on any atom is -0.469 e. The number of hydrogen-bond acceptors (Lipinski definition) is 5. The van der Waals surface area contributed by atoms with Crippen molar-refractivity contribution in [1.82, 2.24) is 15.2 Å². The van der Waals surface area contributed by atoms with Gasteiger partial charge in [0.2, 0.25) is 0 Å². The molecule has 2 atom stereocenters. The van der Waals surface area contributed by atoms with Crippen molar-refractivity contribution in [2.45, 2.75) is 18.5 Å². The molecule has 8 heteroatoms. The van der Waals surface area contributed by atoms with Gasteiger partial charge < -0.3 is 19.4 Å². The first kappa shape index (κ1) is 20.6. The number of nitrogens with zero attached hydrogens (tertiary/aromatic N) is 2. The minimum absolute atomic E-state index is 0.194. The van der Waals surface area contributed by atoms with Crippen LogP contribution in [0.3, 0.4) is 0 Å². The summed E-state index contributed by atoms with van der Waals surface area (Å²) in [4.78, 5) is 18.2. The molecule has 6 nitrogen and oxygen atoms in total. The number of esters is 1. The van der Waals surface area contributed by atoms with Gasteiger partial charge in [-0.05, 0) is 48.6 Å². The van der Waals surface area contributed by atoms with Crippen molar-refractivity contribution in [1.29, 1.82) is 0 Å². The zero-order chi connectivity index (χ0) is 21.1. The van der Waals surface area contributed by atoms with Crippen LogP contribution in [-0.4, -0.2) is 34.6 Å². The molecule has 0 saturated carbocycles. The highest BCUT2D eigenvalue weighted by atomic mass is 79.9. The lowest BCUT2D eigenvalue weighted by molar-refractivity contribution is -0.140. The third kappa shape index (κ3) is 4.24. The van der Waals surface area contributed by atoms with Crippen molar-refractivity contribution in [3.05, 3.63) is 76.7 Å². The average Bonchev–Trinajstić information content (AvgIpc) is 3.37. The second-order valence-corrected chi connectivity index (χ2v) is 8.16. The summed E-state index contributed by atoms with van der Waals surface area (Å²) in [5.41, 5.74) is 1.83. The van der Waals surface area contributed by atoms with E-state index < -0.39 is 0 Å². The number of rotatable bonds is 6. The second kappa shape index (κ2) is 8.97. The van der Waals surface area contributed by atoms with Gasteiger partial charge in [0.25, 0.3) is 0 Å². The third-order valence-electron chi connectivity index (χ3n) is 5.03. The highest BCUT2D eigenvalue weighted by Gasteiger charge is 2.41. The van der Waals surface area contributed by atoms with Crippen LogP contribution in [-0.2, 0) is 9.53 Å². The Bertz CT molecular complexity index is 1040. The van der Waals surface area contributed by atoms with Crippen LogP contribution in [0.25, 0.3) is 11.3 Å². The van der Waals surface area contributed by atoms with Gasteiger partial charge in [-0.3, -0.25) is 9.78 Å². The number of ether oxygens (including phenoxy) is 1. The molecule has 3 heterocycles. The smallest absolute Gasteiger partial charge is 0.307 e. The molecule has 3 aromatic rings. The molecule has 154 valence electrons. The topological polar surface area (TPSA) is 67.6 Å². The van der Waals surface area contributed by atoms with Gasteiger partial charge in [0, 0.05) is 22.8 Å². The van der Waals surface area contributed by atoms with Crippen molar-refractivity contribution in [3.8, 4) is 11.3 Å². The van der Waals surface area contributed by atoms with Gasteiger partial charge in [0.1, 0.15) is 17.6 Å². The monoisotopic (exact) mass is 485 g/mol. The maximum absolute atomic E-state index is 11.7. The van der Waals surface area contributed by atoms with Crippen LogP contribution in [0, 0.1) is 0 Å². The lowest BCUT2D eigenvalue weighted by Crippen LogP contribution is -2.31. The van der Waals surface area contributed by atoms with E-state index >= 15 is 0 Å². The van der Waals surface area contributed by atoms with Gasteiger partial charge in [0.15, 0.2) is 5.11 Å². The number of carbonyl (C=O) groups is 1. The largest absolute Gasteiger partial charge is 0.469 e. The number of nitrogens with one attached hydrogen (secondary N) is 1. The molecule has 1 fully saturated rings. The third-order valence-corrected chi connectivity index (χ3v) is 5.91. The van der Waals surface area contributed by atoms with Crippen LogP contribution in [0.5, 0.6) is 0 Å². The SMILES string of the molecule is COC(=O)CCN1C(=S)NC(c2ccccn2)C1c1ccc(-c2ccc(Br)cc2)o1. The molecule has 1 aliphatic rings. The summed E-state index contributed by atoms with van der Waals surface area (Å²) >= 11 is 9.04. The highest BCUT2D eigenvalue weighted by molar-refractivity contribution is 9.10. The van der Waals surface area contributed by atoms with Gasteiger partial charge in [-0.1, -0.05) is 34.1 Å². The Morgan fingerprint density at radius 3 is 2.73 bits per heavy atom. The first-order valence-electron chi connectivity index (χ1n) is 9.47. The van der Waals surface area contributed by atoms with E-state index in [-0.39, 0.29) is 24.5 Å². The zero-order valence-electron chi connectivity index (χ0n) is 16.2. The lowest BCUT2D eigenvalue weighted by atomic mass is 10.0. The van der Waals surface area contributed by atoms with Crippen molar-refractivity contribution in [3.63, 3.8) is 0 Å². The second-order valence-electron chi connectivity index (χ2n) is 6.86. The molecule has 0 amide bonds. The van der Waals surface area contributed by atoms with Crippen LogP contribution in [0.4, 0.5) is 0 Å². The lowest BCUT2D eigenvalue weighted by Gasteiger charge is -2.25. The average molecular weight is 486 g/mol. The van der Waals surface area contributed by atoms with E-state index in [1.54, 1.807) is 6.20 Å².